The average molecular weight is 260 g/mol. The molecule has 0 atom stereocenters. The molecule has 0 saturated carbocycles. The van der Waals surface area contributed by atoms with Gasteiger partial charge < -0.3 is 13.9 Å². The summed E-state index contributed by atoms with van der Waals surface area (Å²) >= 11 is 0. The number of ether oxygens (including phenoxy) is 2. The number of aryl methyl sites for hydroxylation is 1. The van der Waals surface area contributed by atoms with Gasteiger partial charge in [0.05, 0.1) is 19.6 Å². The number of methoxy groups -OCH3 is 2. The molecule has 0 spiro atoms. The second kappa shape index (κ2) is 5.18. The highest BCUT2D eigenvalue weighted by Gasteiger charge is 2.16. The van der Waals surface area contributed by atoms with Crippen LogP contribution in [0.4, 0.5) is 0 Å². The molecule has 2 aromatic rings. The van der Waals surface area contributed by atoms with Gasteiger partial charge in [0.15, 0.2) is 0 Å². The van der Waals surface area contributed by atoms with Crippen molar-refractivity contribution < 1.29 is 13.9 Å². The van der Waals surface area contributed by atoms with E-state index in [0.29, 0.717) is 29.1 Å². The summed E-state index contributed by atoms with van der Waals surface area (Å²) in [7, 11) is 3.14. The molecule has 4 heteroatoms. The van der Waals surface area contributed by atoms with E-state index >= 15 is 0 Å². The largest absolute Gasteiger partial charge is 0.496 e. The molecule has 0 bridgehead atoms. The SMILES string of the molecule is C=CCc1c(OC)cc(OC)c2cc(C)c(=O)oc12. The van der Waals surface area contributed by atoms with E-state index in [1.807, 2.05) is 0 Å². The van der Waals surface area contributed by atoms with Gasteiger partial charge in [0, 0.05) is 17.2 Å². The third-order valence-electron chi connectivity index (χ3n) is 3.01. The van der Waals surface area contributed by atoms with E-state index < -0.39 is 0 Å². The van der Waals surface area contributed by atoms with Crippen molar-refractivity contribution in [2.45, 2.75) is 13.3 Å². The summed E-state index contributed by atoms with van der Waals surface area (Å²) in [6.45, 7) is 5.42. The van der Waals surface area contributed by atoms with Crippen molar-refractivity contribution >= 4 is 11.0 Å². The van der Waals surface area contributed by atoms with Crippen LogP contribution in [0.25, 0.3) is 11.0 Å². The minimum absolute atomic E-state index is 0.354. The van der Waals surface area contributed by atoms with Crippen LogP contribution in [-0.2, 0) is 6.42 Å². The predicted molar refractivity (Wildman–Crippen MR) is 74.2 cm³/mol. The molecule has 0 unspecified atom stereocenters. The number of fused-ring (bicyclic) bond motifs is 1. The molecule has 0 N–H and O–H groups in total. The third-order valence-corrected chi connectivity index (χ3v) is 3.01. The minimum Gasteiger partial charge on any atom is -0.496 e. The number of allylic oxidation sites excluding steroid dienone is 1. The molecule has 0 amide bonds. The van der Waals surface area contributed by atoms with Crippen molar-refractivity contribution in [3.05, 3.63) is 46.3 Å². The highest BCUT2D eigenvalue weighted by Crippen LogP contribution is 2.35. The second-order valence-electron chi connectivity index (χ2n) is 4.21. The Morgan fingerprint density at radius 3 is 2.53 bits per heavy atom. The van der Waals surface area contributed by atoms with Gasteiger partial charge in [-0.1, -0.05) is 6.08 Å². The van der Waals surface area contributed by atoms with Crippen LogP contribution >= 0.6 is 0 Å². The van der Waals surface area contributed by atoms with E-state index in [1.165, 1.54) is 0 Å². The van der Waals surface area contributed by atoms with Gasteiger partial charge >= 0.3 is 5.63 Å². The quantitative estimate of drug-likeness (QED) is 0.626. The fourth-order valence-corrected chi connectivity index (χ4v) is 2.06. The molecule has 19 heavy (non-hydrogen) atoms. The van der Waals surface area contributed by atoms with Crippen LogP contribution in [0.2, 0.25) is 0 Å². The van der Waals surface area contributed by atoms with Crippen LogP contribution in [0.1, 0.15) is 11.1 Å². The molecule has 1 aromatic carbocycles. The first-order chi connectivity index (χ1) is 9.12. The molecule has 100 valence electrons. The Hall–Kier alpha value is -2.23. The van der Waals surface area contributed by atoms with Crippen LogP contribution in [0.15, 0.2) is 34.0 Å². The summed E-state index contributed by atoms with van der Waals surface area (Å²) in [5.74, 6) is 1.24. The summed E-state index contributed by atoms with van der Waals surface area (Å²) in [6.07, 6.45) is 2.29. The standard InChI is InChI=1S/C15H16O4/c1-5-6-10-12(17-3)8-13(18-4)11-7-9(2)15(16)19-14(10)11/h5,7-8H,1,6H2,2-4H3. The Kier molecular flexibility index (Phi) is 3.60. The number of rotatable bonds is 4. The Balaban J connectivity index is 2.93. The molecule has 0 saturated heterocycles. The normalized spacial score (nSPS) is 10.5. The Morgan fingerprint density at radius 2 is 1.95 bits per heavy atom. The van der Waals surface area contributed by atoms with Crippen LogP contribution in [0, 0.1) is 6.92 Å². The molecule has 0 aliphatic heterocycles. The molecule has 0 aliphatic carbocycles. The lowest BCUT2D eigenvalue weighted by atomic mass is 10.0. The first-order valence-corrected chi connectivity index (χ1v) is 5.91. The maximum atomic E-state index is 11.7. The molecule has 2 rings (SSSR count). The zero-order valence-corrected chi connectivity index (χ0v) is 11.3. The minimum atomic E-state index is -0.354. The van der Waals surface area contributed by atoms with Gasteiger partial charge in [-0.05, 0) is 19.4 Å². The van der Waals surface area contributed by atoms with Crippen molar-refractivity contribution in [2.24, 2.45) is 0 Å². The van der Waals surface area contributed by atoms with E-state index in [2.05, 4.69) is 6.58 Å². The molecular weight excluding hydrogens is 244 g/mol. The second-order valence-corrected chi connectivity index (χ2v) is 4.21. The zero-order chi connectivity index (χ0) is 14.0. The van der Waals surface area contributed by atoms with Gasteiger partial charge in [-0.25, -0.2) is 4.79 Å². The lowest BCUT2D eigenvalue weighted by Crippen LogP contribution is -2.05. The monoisotopic (exact) mass is 260 g/mol. The number of benzene rings is 1. The Labute approximate surface area is 111 Å². The van der Waals surface area contributed by atoms with Crippen molar-refractivity contribution in [3.8, 4) is 11.5 Å². The van der Waals surface area contributed by atoms with Gasteiger partial charge in [-0.3, -0.25) is 0 Å². The third kappa shape index (κ3) is 2.21. The summed E-state index contributed by atoms with van der Waals surface area (Å²) in [5, 5.41) is 0.761. The highest BCUT2D eigenvalue weighted by atomic mass is 16.5. The Morgan fingerprint density at radius 1 is 1.26 bits per heavy atom. The van der Waals surface area contributed by atoms with Gasteiger partial charge in [0.1, 0.15) is 17.1 Å². The average Bonchev–Trinajstić information content (AvgIpc) is 2.41. The maximum absolute atomic E-state index is 11.7. The van der Waals surface area contributed by atoms with E-state index in [1.54, 1.807) is 39.4 Å². The van der Waals surface area contributed by atoms with Gasteiger partial charge in [-0.15, -0.1) is 6.58 Å². The van der Waals surface area contributed by atoms with E-state index in [9.17, 15) is 4.79 Å². The first-order valence-electron chi connectivity index (χ1n) is 5.91. The van der Waals surface area contributed by atoms with Gasteiger partial charge in [0.2, 0.25) is 0 Å². The van der Waals surface area contributed by atoms with Crippen molar-refractivity contribution in [2.75, 3.05) is 14.2 Å². The molecule has 1 heterocycles. The lowest BCUT2D eigenvalue weighted by Gasteiger charge is -2.13. The maximum Gasteiger partial charge on any atom is 0.339 e. The first kappa shape index (κ1) is 13.2. The molecule has 0 fully saturated rings. The summed E-state index contributed by atoms with van der Waals surface area (Å²) < 4.78 is 16.1. The Bertz CT molecular complexity index is 683. The molecule has 0 aliphatic rings. The summed E-state index contributed by atoms with van der Waals surface area (Å²) in [6, 6.07) is 3.56. The van der Waals surface area contributed by atoms with E-state index in [0.717, 1.165) is 10.9 Å². The lowest BCUT2D eigenvalue weighted by molar-refractivity contribution is 0.392. The van der Waals surface area contributed by atoms with E-state index in [4.69, 9.17) is 13.9 Å². The van der Waals surface area contributed by atoms with E-state index in [-0.39, 0.29) is 5.63 Å². The molecule has 0 radical (unpaired) electrons. The van der Waals surface area contributed by atoms with Crippen molar-refractivity contribution in [3.63, 3.8) is 0 Å². The smallest absolute Gasteiger partial charge is 0.339 e. The highest BCUT2D eigenvalue weighted by molar-refractivity contribution is 5.89. The van der Waals surface area contributed by atoms with Crippen LogP contribution < -0.4 is 15.1 Å². The molecular formula is C15H16O4. The topological polar surface area (TPSA) is 48.7 Å². The zero-order valence-electron chi connectivity index (χ0n) is 11.3. The predicted octanol–water partition coefficient (Wildman–Crippen LogP) is 2.85. The van der Waals surface area contributed by atoms with Gasteiger partial charge in [-0.2, -0.15) is 0 Å². The van der Waals surface area contributed by atoms with Gasteiger partial charge in [0.25, 0.3) is 0 Å². The van der Waals surface area contributed by atoms with Crippen LogP contribution in [0.5, 0.6) is 11.5 Å². The van der Waals surface area contributed by atoms with Crippen LogP contribution in [-0.4, -0.2) is 14.2 Å². The molecule has 4 nitrogen and oxygen atoms in total. The fourth-order valence-electron chi connectivity index (χ4n) is 2.06. The van der Waals surface area contributed by atoms with Crippen molar-refractivity contribution in [1.82, 2.24) is 0 Å². The fraction of sp³-hybridized carbons (Fsp3) is 0.267. The summed E-state index contributed by atoms with van der Waals surface area (Å²) in [4.78, 5) is 11.7. The number of hydrogen-bond acceptors (Lipinski definition) is 4. The summed E-state index contributed by atoms with van der Waals surface area (Å²) in [5.41, 5.74) is 1.48. The molecule has 1 aromatic heterocycles. The number of hydrogen-bond donors (Lipinski definition) is 0. The van der Waals surface area contributed by atoms with Crippen LogP contribution in [0.3, 0.4) is 0 Å². The van der Waals surface area contributed by atoms with Crippen molar-refractivity contribution in [1.29, 1.82) is 0 Å².